The molecule has 1 N–H and O–H groups in total. The molecule has 2 aromatic carbocycles. The molecule has 1 amide bonds. The molecule has 4 rings (SSSR count). The lowest BCUT2D eigenvalue weighted by molar-refractivity contribution is 0.0951. The summed E-state index contributed by atoms with van der Waals surface area (Å²) in [6, 6.07) is 13.1. The summed E-state index contributed by atoms with van der Waals surface area (Å²) in [5.41, 5.74) is 1.91. The maximum absolute atomic E-state index is 13.1. The predicted molar refractivity (Wildman–Crippen MR) is 121 cm³/mol. The number of hydrogen-bond donors (Lipinski definition) is 1. The van der Waals surface area contributed by atoms with Crippen molar-refractivity contribution >= 4 is 16.8 Å². The number of hydrogen-bond acceptors (Lipinski definition) is 5. The van der Waals surface area contributed by atoms with Gasteiger partial charge in [0.15, 0.2) is 0 Å². The van der Waals surface area contributed by atoms with Gasteiger partial charge in [-0.15, -0.1) is 0 Å². The van der Waals surface area contributed by atoms with E-state index in [1.807, 2.05) is 24.3 Å². The molecule has 0 atom stereocenters. The number of fused-ring (bicyclic) bond motifs is 2. The Morgan fingerprint density at radius 1 is 1.16 bits per heavy atom. The highest BCUT2D eigenvalue weighted by Crippen LogP contribution is 2.18. The third-order valence-electron chi connectivity index (χ3n) is 5.89. The van der Waals surface area contributed by atoms with Crippen molar-refractivity contribution in [1.29, 1.82) is 0 Å². The van der Waals surface area contributed by atoms with Gasteiger partial charge in [0.1, 0.15) is 11.6 Å². The molecule has 2 heterocycles. The van der Waals surface area contributed by atoms with Crippen LogP contribution in [0.25, 0.3) is 10.9 Å². The summed E-state index contributed by atoms with van der Waals surface area (Å²) in [7, 11) is 1.61. The first-order chi connectivity index (χ1) is 15.0. The van der Waals surface area contributed by atoms with Crippen LogP contribution in [-0.2, 0) is 19.5 Å². The molecule has 31 heavy (non-hydrogen) atoms. The number of aromatic nitrogens is 2. The molecule has 0 bridgehead atoms. The van der Waals surface area contributed by atoms with Gasteiger partial charge in [-0.3, -0.25) is 19.1 Å². The third-order valence-corrected chi connectivity index (χ3v) is 5.89. The van der Waals surface area contributed by atoms with Crippen molar-refractivity contribution in [1.82, 2.24) is 19.8 Å². The third kappa shape index (κ3) is 4.32. The number of nitrogens with zero attached hydrogens (tertiary/aromatic N) is 3. The van der Waals surface area contributed by atoms with Gasteiger partial charge in [-0.2, -0.15) is 0 Å². The number of benzene rings is 2. The topological polar surface area (TPSA) is 76.5 Å². The highest BCUT2D eigenvalue weighted by Gasteiger charge is 2.19. The van der Waals surface area contributed by atoms with Crippen LogP contribution in [-0.4, -0.2) is 46.6 Å². The number of nitrogens with one attached hydrogen (secondary N) is 1. The van der Waals surface area contributed by atoms with Crippen LogP contribution < -0.4 is 15.6 Å². The average Bonchev–Trinajstić information content (AvgIpc) is 3.00. The van der Waals surface area contributed by atoms with Gasteiger partial charge in [0.2, 0.25) is 0 Å². The van der Waals surface area contributed by atoms with E-state index in [1.165, 1.54) is 0 Å². The maximum Gasteiger partial charge on any atom is 0.261 e. The molecule has 0 aliphatic carbocycles. The first kappa shape index (κ1) is 21.1. The van der Waals surface area contributed by atoms with Crippen LogP contribution in [0, 0.1) is 0 Å². The Morgan fingerprint density at radius 3 is 2.74 bits per heavy atom. The van der Waals surface area contributed by atoms with E-state index in [-0.39, 0.29) is 11.5 Å². The Morgan fingerprint density at radius 2 is 1.97 bits per heavy atom. The van der Waals surface area contributed by atoms with E-state index in [0.717, 1.165) is 30.2 Å². The van der Waals surface area contributed by atoms with Crippen LogP contribution in [0.15, 0.2) is 47.3 Å². The molecule has 0 unspecified atom stereocenters. The van der Waals surface area contributed by atoms with Gasteiger partial charge in [0, 0.05) is 49.8 Å². The summed E-state index contributed by atoms with van der Waals surface area (Å²) in [5.74, 6) is 1.30. The zero-order valence-electron chi connectivity index (χ0n) is 18.2. The number of ether oxygens (including phenoxy) is 1. The molecule has 1 aliphatic rings. The highest BCUT2D eigenvalue weighted by atomic mass is 16.5. The lowest BCUT2D eigenvalue weighted by Gasteiger charge is -2.23. The fourth-order valence-electron chi connectivity index (χ4n) is 4.06. The van der Waals surface area contributed by atoms with Crippen molar-refractivity contribution in [2.45, 2.75) is 39.4 Å². The minimum Gasteiger partial charge on any atom is -0.496 e. The lowest BCUT2D eigenvalue weighted by Crippen LogP contribution is -2.34. The summed E-state index contributed by atoms with van der Waals surface area (Å²) in [6.45, 7) is 7.02. The number of methoxy groups -OCH3 is 1. The lowest BCUT2D eigenvalue weighted by atomic mass is 10.1. The largest absolute Gasteiger partial charge is 0.496 e. The number of amides is 1. The van der Waals surface area contributed by atoms with E-state index in [4.69, 9.17) is 9.72 Å². The Balaban J connectivity index is 1.58. The second kappa shape index (κ2) is 8.89. The summed E-state index contributed by atoms with van der Waals surface area (Å²) in [4.78, 5) is 32.9. The molecule has 1 aliphatic heterocycles. The van der Waals surface area contributed by atoms with Crippen molar-refractivity contribution in [3.05, 3.63) is 69.8 Å². The van der Waals surface area contributed by atoms with Gasteiger partial charge in [-0.05, 0) is 38.1 Å². The molecule has 0 radical (unpaired) electrons. The van der Waals surface area contributed by atoms with Crippen LogP contribution in [0.5, 0.6) is 5.75 Å². The molecule has 3 aromatic rings. The quantitative estimate of drug-likeness (QED) is 0.687. The number of para-hydroxylation sites is 1. The Labute approximate surface area is 181 Å². The Kier molecular flexibility index (Phi) is 6.04. The van der Waals surface area contributed by atoms with Crippen molar-refractivity contribution < 1.29 is 9.53 Å². The van der Waals surface area contributed by atoms with E-state index < -0.39 is 0 Å². The van der Waals surface area contributed by atoms with Crippen LogP contribution in [0.1, 0.15) is 35.6 Å². The molecule has 0 saturated heterocycles. The molecule has 7 heteroatoms. The normalized spacial score (nSPS) is 14.3. The molecule has 0 fully saturated rings. The van der Waals surface area contributed by atoms with Gasteiger partial charge < -0.3 is 10.1 Å². The van der Waals surface area contributed by atoms with Gasteiger partial charge in [-0.25, -0.2) is 4.98 Å². The van der Waals surface area contributed by atoms with Gasteiger partial charge in [0.05, 0.1) is 18.0 Å². The molecular formula is C24H28N4O3. The first-order valence-electron chi connectivity index (χ1n) is 10.7. The molecule has 0 saturated carbocycles. The molecule has 162 valence electrons. The number of rotatable bonds is 5. The maximum atomic E-state index is 13.1. The van der Waals surface area contributed by atoms with E-state index in [9.17, 15) is 9.59 Å². The molecular weight excluding hydrogens is 392 g/mol. The number of carbonyl (C=O) groups excluding carboxylic acids is 1. The van der Waals surface area contributed by atoms with E-state index in [2.05, 4.69) is 24.1 Å². The van der Waals surface area contributed by atoms with Crippen LogP contribution in [0.2, 0.25) is 0 Å². The monoisotopic (exact) mass is 420 g/mol. The standard InChI is InChI=1S/C24H28N4O3/c1-16(2)27-11-10-22-26-20-14-17(8-9-19(20)24(30)28(22)13-12-27)23(29)25-15-18-6-4-5-7-21(18)31-3/h4-9,14,16H,10-13,15H2,1-3H3,(H,25,29). The SMILES string of the molecule is COc1ccccc1CNC(=O)c1ccc2c(=O)n3c(nc2c1)CCN(C(C)C)CC3. The number of carbonyl (C=O) groups is 1. The highest BCUT2D eigenvalue weighted by molar-refractivity contribution is 5.97. The van der Waals surface area contributed by atoms with Crippen molar-refractivity contribution in [2.75, 3.05) is 20.2 Å². The van der Waals surface area contributed by atoms with Gasteiger partial charge in [0.25, 0.3) is 11.5 Å². The summed E-state index contributed by atoms with van der Waals surface area (Å²) in [6.07, 6.45) is 0.716. The van der Waals surface area contributed by atoms with E-state index >= 15 is 0 Å². The van der Waals surface area contributed by atoms with E-state index in [1.54, 1.807) is 29.9 Å². The molecule has 1 aromatic heterocycles. The first-order valence-corrected chi connectivity index (χ1v) is 10.7. The summed E-state index contributed by atoms with van der Waals surface area (Å²) in [5, 5.41) is 3.47. The minimum absolute atomic E-state index is 0.0356. The molecule has 7 nitrogen and oxygen atoms in total. The summed E-state index contributed by atoms with van der Waals surface area (Å²) >= 11 is 0. The van der Waals surface area contributed by atoms with Crippen molar-refractivity contribution in [3.8, 4) is 5.75 Å². The minimum atomic E-state index is -0.212. The van der Waals surface area contributed by atoms with Crippen LogP contribution in [0.3, 0.4) is 0 Å². The van der Waals surface area contributed by atoms with Crippen molar-refractivity contribution in [2.24, 2.45) is 0 Å². The molecule has 0 spiro atoms. The van der Waals surface area contributed by atoms with Gasteiger partial charge in [-0.1, -0.05) is 18.2 Å². The van der Waals surface area contributed by atoms with Crippen LogP contribution in [0.4, 0.5) is 0 Å². The smallest absolute Gasteiger partial charge is 0.261 e. The second-order valence-corrected chi connectivity index (χ2v) is 8.09. The Hall–Kier alpha value is -3.19. The van der Waals surface area contributed by atoms with Gasteiger partial charge >= 0.3 is 0 Å². The second-order valence-electron chi connectivity index (χ2n) is 8.09. The average molecular weight is 421 g/mol. The predicted octanol–water partition coefficient (Wildman–Crippen LogP) is 2.60. The Bertz CT molecular complexity index is 1170. The van der Waals surface area contributed by atoms with Crippen molar-refractivity contribution in [3.63, 3.8) is 0 Å². The fourth-order valence-corrected chi connectivity index (χ4v) is 4.06. The fraction of sp³-hybridized carbons (Fsp3) is 0.375. The zero-order chi connectivity index (χ0) is 22.0. The van der Waals surface area contributed by atoms with E-state index in [0.29, 0.717) is 42.0 Å². The summed E-state index contributed by atoms with van der Waals surface area (Å²) < 4.78 is 7.12. The zero-order valence-corrected chi connectivity index (χ0v) is 18.2. The van der Waals surface area contributed by atoms with Crippen LogP contribution >= 0.6 is 0 Å².